The summed E-state index contributed by atoms with van der Waals surface area (Å²) in [6, 6.07) is 3.73. The molecule has 0 heterocycles. The second kappa shape index (κ2) is 5.92. The van der Waals surface area contributed by atoms with Gasteiger partial charge in [-0.1, -0.05) is 26.0 Å². The first-order valence-electron chi connectivity index (χ1n) is 5.33. The maximum Gasteiger partial charge on any atom is 0.163 e. The molecule has 0 aromatic heterocycles. The smallest absolute Gasteiger partial charge is 0.163 e. The lowest BCUT2D eigenvalue weighted by Crippen LogP contribution is -2.22. The maximum absolute atomic E-state index is 13.4. The van der Waals surface area contributed by atoms with E-state index in [-0.39, 0.29) is 11.6 Å². The van der Waals surface area contributed by atoms with E-state index in [1.807, 2.05) is 13.8 Å². The fraction of sp³-hybridized carbons (Fsp3) is 0.500. The minimum Gasteiger partial charge on any atom is -0.301 e. The van der Waals surface area contributed by atoms with Crippen LogP contribution in [0.15, 0.2) is 18.2 Å². The molecule has 0 bridgehead atoms. The predicted octanol–water partition coefficient (Wildman–Crippen LogP) is 3.20. The summed E-state index contributed by atoms with van der Waals surface area (Å²) in [5.41, 5.74) is 2.96. The number of halogens is 2. The van der Waals surface area contributed by atoms with Crippen LogP contribution in [0.4, 0.5) is 8.78 Å². The molecule has 1 atom stereocenters. The van der Waals surface area contributed by atoms with Crippen LogP contribution in [0.25, 0.3) is 0 Å². The second-order valence-electron chi connectivity index (χ2n) is 4.19. The van der Waals surface area contributed by atoms with E-state index in [9.17, 15) is 8.78 Å². The first-order chi connectivity index (χ1) is 7.52. The molecule has 0 radical (unpaired) electrons. The molecule has 1 rings (SSSR count). The summed E-state index contributed by atoms with van der Waals surface area (Å²) in [7, 11) is 0. The maximum atomic E-state index is 13.4. The fourth-order valence-electron chi connectivity index (χ4n) is 1.26. The lowest BCUT2D eigenvalue weighted by Gasteiger charge is -2.16. The lowest BCUT2D eigenvalue weighted by atomic mass is 10.1. The minimum atomic E-state index is -0.838. The number of rotatable bonds is 5. The van der Waals surface area contributed by atoms with Crippen molar-refractivity contribution in [2.45, 2.75) is 26.8 Å². The highest BCUT2D eigenvalue weighted by Gasteiger charge is 2.13. The third-order valence-electron chi connectivity index (χ3n) is 2.12. The Morgan fingerprint density at radius 1 is 1.25 bits per heavy atom. The van der Waals surface area contributed by atoms with Gasteiger partial charge < -0.3 is 4.84 Å². The largest absolute Gasteiger partial charge is 0.301 e. The summed E-state index contributed by atoms with van der Waals surface area (Å²) in [6.07, 6.45) is 0. The highest BCUT2D eigenvalue weighted by Crippen LogP contribution is 2.18. The molecule has 1 N–H and O–H groups in total. The van der Waals surface area contributed by atoms with Crippen LogP contribution in [-0.4, -0.2) is 6.61 Å². The molecule has 0 aliphatic heterocycles. The number of hydrogen-bond acceptors (Lipinski definition) is 2. The van der Waals surface area contributed by atoms with Crippen LogP contribution >= 0.6 is 0 Å². The average molecular weight is 229 g/mol. The topological polar surface area (TPSA) is 21.3 Å². The first-order valence-corrected chi connectivity index (χ1v) is 5.33. The summed E-state index contributed by atoms with van der Waals surface area (Å²) in [4.78, 5) is 5.17. The normalized spacial score (nSPS) is 13.1. The molecule has 1 aromatic rings. The molecule has 0 spiro atoms. The van der Waals surface area contributed by atoms with Gasteiger partial charge in [0.25, 0.3) is 0 Å². The van der Waals surface area contributed by atoms with Crippen molar-refractivity contribution < 1.29 is 13.6 Å². The van der Waals surface area contributed by atoms with Gasteiger partial charge in [-0.2, -0.15) is 5.48 Å². The third kappa shape index (κ3) is 3.54. The fourth-order valence-corrected chi connectivity index (χ4v) is 1.26. The van der Waals surface area contributed by atoms with Crippen molar-refractivity contribution in [1.29, 1.82) is 0 Å². The Morgan fingerprint density at radius 3 is 2.56 bits per heavy atom. The summed E-state index contributed by atoms with van der Waals surface area (Å²) >= 11 is 0. The Kier molecular flexibility index (Phi) is 4.83. The van der Waals surface area contributed by atoms with Gasteiger partial charge in [0, 0.05) is 5.56 Å². The molecule has 0 saturated heterocycles. The van der Waals surface area contributed by atoms with Crippen molar-refractivity contribution >= 4 is 0 Å². The zero-order chi connectivity index (χ0) is 12.1. The highest BCUT2D eigenvalue weighted by molar-refractivity contribution is 5.21. The van der Waals surface area contributed by atoms with E-state index in [2.05, 4.69) is 5.48 Å². The van der Waals surface area contributed by atoms with Gasteiger partial charge in [-0.25, -0.2) is 8.78 Å². The van der Waals surface area contributed by atoms with Gasteiger partial charge in [-0.3, -0.25) is 0 Å². The molecule has 0 aliphatic rings. The van der Waals surface area contributed by atoms with Crippen LogP contribution in [0, 0.1) is 17.6 Å². The van der Waals surface area contributed by atoms with Crippen LogP contribution in [0.1, 0.15) is 32.4 Å². The summed E-state index contributed by atoms with van der Waals surface area (Å²) in [5, 5.41) is 0. The standard InChI is InChI=1S/C12H17F2NO/c1-8(2)7-16-15-9(3)10-5-4-6-11(13)12(10)14/h4-6,8-9,15H,7H2,1-3H3. The molecule has 0 fully saturated rings. The molecule has 0 amide bonds. The van der Waals surface area contributed by atoms with Crippen molar-refractivity contribution in [2.24, 2.45) is 5.92 Å². The van der Waals surface area contributed by atoms with E-state index >= 15 is 0 Å². The van der Waals surface area contributed by atoms with Crippen LogP contribution in [0.2, 0.25) is 0 Å². The number of nitrogens with one attached hydrogen (secondary N) is 1. The number of hydrogen-bond donors (Lipinski definition) is 1. The van der Waals surface area contributed by atoms with Gasteiger partial charge >= 0.3 is 0 Å². The van der Waals surface area contributed by atoms with E-state index in [4.69, 9.17) is 4.84 Å². The van der Waals surface area contributed by atoms with E-state index < -0.39 is 11.6 Å². The molecule has 1 unspecified atom stereocenters. The predicted molar refractivity (Wildman–Crippen MR) is 58.7 cm³/mol. The molecule has 2 nitrogen and oxygen atoms in total. The third-order valence-corrected chi connectivity index (χ3v) is 2.12. The molecular weight excluding hydrogens is 212 g/mol. The molecule has 90 valence electrons. The molecule has 0 saturated carbocycles. The van der Waals surface area contributed by atoms with Crippen LogP contribution in [0.5, 0.6) is 0 Å². The summed E-state index contributed by atoms with van der Waals surface area (Å²) < 4.78 is 26.3. The van der Waals surface area contributed by atoms with Gasteiger partial charge in [0.2, 0.25) is 0 Å². The van der Waals surface area contributed by atoms with Crippen molar-refractivity contribution in [1.82, 2.24) is 5.48 Å². The van der Waals surface area contributed by atoms with Crippen LogP contribution in [-0.2, 0) is 4.84 Å². The Balaban J connectivity index is 2.59. The van der Waals surface area contributed by atoms with Crippen molar-refractivity contribution in [3.8, 4) is 0 Å². The van der Waals surface area contributed by atoms with Crippen molar-refractivity contribution in [2.75, 3.05) is 6.61 Å². The quantitative estimate of drug-likeness (QED) is 0.783. The monoisotopic (exact) mass is 229 g/mol. The van der Waals surface area contributed by atoms with Crippen molar-refractivity contribution in [3.63, 3.8) is 0 Å². The van der Waals surface area contributed by atoms with Crippen LogP contribution in [0.3, 0.4) is 0 Å². The Morgan fingerprint density at radius 2 is 1.94 bits per heavy atom. The Bertz CT molecular complexity index is 342. The lowest BCUT2D eigenvalue weighted by molar-refractivity contribution is 0.00333. The second-order valence-corrected chi connectivity index (χ2v) is 4.19. The minimum absolute atomic E-state index is 0.267. The molecule has 0 aliphatic carbocycles. The Hall–Kier alpha value is -1.00. The average Bonchev–Trinajstić information content (AvgIpc) is 2.21. The summed E-state index contributed by atoms with van der Waals surface area (Å²) in [5.74, 6) is -1.28. The van der Waals surface area contributed by atoms with Gasteiger partial charge in [0.1, 0.15) is 0 Å². The Labute approximate surface area is 94.6 Å². The van der Waals surface area contributed by atoms with E-state index in [1.54, 1.807) is 6.92 Å². The number of benzene rings is 1. The molecular formula is C12H17F2NO. The zero-order valence-electron chi connectivity index (χ0n) is 9.76. The summed E-state index contributed by atoms with van der Waals surface area (Å²) in [6.45, 7) is 6.27. The van der Waals surface area contributed by atoms with Gasteiger partial charge in [-0.15, -0.1) is 0 Å². The highest BCUT2D eigenvalue weighted by atomic mass is 19.2. The van der Waals surface area contributed by atoms with Gasteiger partial charge in [0.05, 0.1) is 12.6 Å². The van der Waals surface area contributed by atoms with E-state index in [0.29, 0.717) is 12.5 Å². The first kappa shape index (κ1) is 13.1. The zero-order valence-corrected chi connectivity index (χ0v) is 9.76. The molecule has 16 heavy (non-hydrogen) atoms. The molecule has 4 heteroatoms. The van der Waals surface area contributed by atoms with Gasteiger partial charge in [0.15, 0.2) is 11.6 Å². The van der Waals surface area contributed by atoms with Crippen LogP contribution < -0.4 is 5.48 Å². The molecule has 1 aromatic carbocycles. The van der Waals surface area contributed by atoms with E-state index in [0.717, 1.165) is 6.07 Å². The van der Waals surface area contributed by atoms with E-state index in [1.165, 1.54) is 12.1 Å². The number of hydroxylamine groups is 1. The van der Waals surface area contributed by atoms with Gasteiger partial charge in [-0.05, 0) is 18.9 Å². The van der Waals surface area contributed by atoms with Crippen molar-refractivity contribution in [3.05, 3.63) is 35.4 Å². The SMILES string of the molecule is CC(C)CONC(C)c1cccc(F)c1F.